The second-order valence-electron chi connectivity index (χ2n) is 7.43. The number of carbonyl (C=O) groups excluding carboxylic acids is 1. The molecule has 8 heteroatoms. The summed E-state index contributed by atoms with van der Waals surface area (Å²) < 4.78 is 31.7. The van der Waals surface area contributed by atoms with Crippen molar-refractivity contribution in [3.8, 4) is 0 Å². The zero-order valence-corrected chi connectivity index (χ0v) is 16.5. The fourth-order valence-corrected chi connectivity index (χ4v) is 5.05. The molecule has 2 atom stereocenters. The zero-order valence-electron chi connectivity index (χ0n) is 15.7. The summed E-state index contributed by atoms with van der Waals surface area (Å²) in [5, 5.41) is 2.91. The van der Waals surface area contributed by atoms with Crippen molar-refractivity contribution in [1.82, 2.24) is 10.3 Å². The van der Waals surface area contributed by atoms with Gasteiger partial charge in [-0.25, -0.2) is 8.42 Å². The molecule has 1 amide bonds. The molecular weight excluding hydrogens is 378 g/mol. The third-order valence-corrected chi connectivity index (χ3v) is 6.55. The van der Waals surface area contributed by atoms with Gasteiger partial charge in [0.1, 0.15) is 6.10 Å². The van der Waals surface area contributed by atoms with Crippen LogP contribution < -0.4 is 9.62 Å². The molecule has 1 aromatic heterocycles. The molecular formula is C20H23N3O4S. The quantitative estimate of drug-likeness (QED) is 0.815. The van der Waals surface area contributed by atoms with E-state index in [1.165, 1.54) is 10.6 Å². The van der Waals surface area contributed by atoms with E-state index in [0.29, 0.717) is 38.2 Å². The molecule has 2 aromatic rings. The van der Waals surface area contributed by atoms with Gasteiger partial charge in [0.15, 0.2) is 0 Å². The Morgan fingerprint density at radius 2 is 2.07 bits per heavy atom. The van der Waals surface area contributed by atoms with Gasteiger partial charge >= 0.3 is 0 Å². The lowest BCUT2D eigenvalue weighted by Crippen LogP contribution is -2.39. The van der Waals surface area contributed by atoms with E-state index in [-0.39, 0.29) is 5.91 Å². The number of hydrogen-bond acceptors (Lipinski definition) is 5. The topological polar surface area (TPSA) is 88.6 Å². The van der Waals surface area contributed by atoms with Gasteiger partial charge in [-0.15, -0.1) is 0 Å². The molecule has 0 radical (unpaired) electrons. The van der Waals surface area contributed by atoms with E-state index in [1.54, 1.807) is 6.20 Å². The fourth-order valence-electron chi connectivity index (χ4n) is 4.05. The van der Waals surface area contributed by atoms with Crippen LogP contribution in [0.5, 0.6) is 0 Å². The summed E-state index contributed by atoms with van der Waals surface area (Å²) in [4.78, 5) is 16.8. The molecule has 1 aromatic carbocycles. The molecule has 3 heterocycles. The smallest absolute Gasteiger partial charge is 0.249 e. The number of amides is 1. The summed E-state index contributed by atoms with van der Waals surface area (Å²) in [5.41, 5.74) is 2.05. The van der Waals surface area contributed by atoms with Gasteiger partial charge in [-0.1, -0.05) is 24.3 Å². The summed E-state index contributed by atoms with van der Waals surface area (Å²) in [7, 11) is -3.39. The molecule has 7 nitrogen and oxygen atoms in total. The van der Waals surface area contributed by atoms with Gasteiger partial charge in [-0.2, -0.15) is 0 Å². The third-order valence-electron chi connectivity index (χ3n) is 5.43. The van der Waals surface area contributed by atoms with Gasteiger partial charge < -0.3 is 10.1 Å². The molecule has 0 bridgehead atoms. The van der Waals surface area contributed by atoms with Gasteiger partial charge in [0.2, 0.25) is 15.9 Å². The highest BCUT2D eigenvalue weighted by Crippen LogP contribution is 2.48. The Balaban J connectivity index is 1.44. The van der Waals surface area contributed by atoms with Crippen molar-refractivity contribution in [2.45, 2.75) is 24.4 Å². The lowest BCUT2D eigenvalue weighted by atomic mass is 9.80. The minimum absolute atomic E-state index is 0.164. The molecule has 2 aliphatic rings. The standard InChI is InChI=1S/C20H23N3O4S/c1-28(25,26)23-13-20(16-7-2-3-8-17(16)23)12-18(27-14-20)19(24)22-11-9-15-6-4-5-10-21-15/h2-8,10,18H,9,11-14H2,1H3,(H,22,24)/t18-,20-/m1/s1. The molecule has 2 aliphatic heterocycles. The Labute approximate surface area is 164 Å². The fraction of sp³-hybridized carbons (Fsp3) is 0.400. The molecule has 1 fully saturated rings. The Hall–Kier alpha value is -2.45. The monoisotopic (exact) mass is 401 g/mol. The van der Waals surface area contributed by atoms with E-state index in [9.17, 15) is 13.2 Å². The summed E-state index contributed by atoms with van der Waals surface area (Å²) >= 11 is 0. The minimum Gasteiger partial charge on any atom is -0.367 e. The first-order valence-corrected chi connectivity index (χ1v) is 11.1. The first-order valence-electron chi connectivity index (χ1n) is 9.26. The van der Waals surface area contributed by atoms with Gasteiger partial charge in [-0.05, 0) is 30.2 Å². The van der Waals surface area contributed by atoms with Gasteiger partial charge in [0.25, 0.3) is 0 Å². The molecule has 28 heavy (non-hydrogen) atoms. The Kier molecular flexibility index (Phi) is 4.84. The van der Waals surface area contributed by atoms with Crippen LogP contribution in [0.3, 0.4) is 0 Å². The zero-order chi connectivity index (χ0) is 19.8. The van der Waals surface area contributed by atoms with Crippen LogP contribution in [0.1, 0.15) is 17.7 Å². The lowest BCUT2D eigenvalue weighted by Gasteiger charge is -2.23. The van der Waals surface area contributed by atoms with Crippen molar-refractivity contribution in [1.29, 1.82) is 0 Å². The molecule has 4 rings (SSSR count). The SMILES string of the molecule is CS(=O)(=O)N1C[C@]2(CO[C@@H](C(=O)NCCc3ccccn3)C2)c2ccccc21. The normalized spacial score (nSPS) is 23.8. The average Bonchev–Trinajstić information content (AvgIpc) is 3.26. The van der Waals surface area contributed by atoms with Crippen molar-refractivity contribution < 1.29 is 17.9 Å². The van der Waals surface area contributed by atoms with Crippen molar-refractivity contribution in [3.63, 3.8) is 0 Å². The van der Waals surface area contributed by atoms with E-state index < -0.39 is 21.5 Å². The van der Waals surface area contributed by atoms with E-state index in [2.05, 4.69) is 10.3 Å². The Bertz CT molecular complexity index is 980. The molecule has 0 unspecified atom stereocenters. The molecule has 1 spiro atoms. The van der Waals surface area contributed by atoms with Crippen LogP contribution in [0.4, 0.5) is 5.69 Å². The maximum atomic E-state index is 12.6. The van der Waals surface area contributed by atoms with Crippen molar-refractivity contribution >= 4 is 21.6 Å². The second-order valence-corrected chi connectivity index (χ2v) is 9.34. The number of fused-ring (bicyclic) bond motifs is 2. The maximum absolute atomic E-state index is 12.6. The number of anilines is 1. The predicted octanol–water partition coefficient (Wildman–Crippen LogP) is 1.25. The van der Waals surface area contributed by atoms with Gasteiger partial charge in [0, 0.05) is 36.8 Å². The van der Waals surface area contributed by atoms with E-state index >= 15 is 0 Å². The second kappa shape index (κ2) is 7.18. The molecule has 0 saturated carbocycles. The van der Waals surface area contributed by atoms with Crippen LogP contribution in [0, 0.1) is 0 Å². The molecule has 1 N–H and O–H groups in total. The number of ether oxygens (including phenoxy) is 1. The summed E-state index contributed by atoms with van der Waals surface area (Å²) in [6.07, 6.45) is 3.46. The van der Waals surface area contributed by atoms with Crippen LogP contribution in [0.2, 0.25) is 0 Å². The number of sulfonamides is 1. The number of pyridine rings is 1. The largest absolute Gasteiger partial charge is 0.367 e. The summed E-state index contributed by atoms with van der Waals surface area (Å²) in [5.74, 6) is -0.164. The number of nitrogens with zero attached hydrogens (tertiary/aromatic N) is 2. The third kappa shape index (κ3) is 3.49. The summed E-state index contributed by atoms with van der Waals surface area (Å²) in [6.45, 7) is 1.12. The maximum Gasteiger partial charge on any atom is 0.249 e. The van der Waals surface area contributed by atoms with E-state index in [1.807, 2.05) is 42.5 Å². The number of hydrogen-bond donors (Lipinski definition) is 1. The first kappa shape index (κ1) is 18.9. The van der Waals surface area contributed by atoms with Gasteiger partial charge in [0.05, 0.1) is 18.6 Å². The number of carbonyl (C=O) groups is 1. The molecule has 0 aliphatic carbocycles. The van der Waals surface area contributed by atoms with E-state index in [0.717, 1.165) is 11.3 Å². The number of benzene rings is 1. The van der Waals surface area contributed by atoms with Crippen LogP contribution in [0.25, 0.3) is 0 Å². The first-order chi connectivity index (χ1) is 13.4. The van der Waals surface area contributed by atoms with Crippen LogP contribution in [0.15, 0.2) is 48.7 Å². The van der Waals surface area contributed by atoms with Crippen molar-refractivity contribution in [2.75, 3.05) is 30.3 Å². The highest BCUT2D eigenvalue weighted by atomic mass is 32.2. The van der Waals surface area contributed by atoms with E-state index in [4.69, 9.17) is 4.74 Å². The summed E-state index contributed by atoms with van der Waals surface area (Å²) in [6, 6.07) is 13.2. The highest BCUT2D eigenvalue weighted by Gasteiger charge is 2.52. The van der Waals surface area contributed by atoms with Crippen molar-refractivity contribution in [3.05, 3.63) is 59.9 Å². The lowest BCUT2D eigenvalue weighted by molar-refractivity contribution is -0.129. The predicted molar refractivity (Wildman–Crippen MR) is 106 cm³/mol. The number of rotatable bonds is 5. The van der Waals surface area contributed by atoms with Crippen LogP contribution in [-0.2, 0) is 31.4 Å². The number of aromatic nitrogens is 1. The minimum atomic E-state index is -3.39. The van der Waals surface area contributed by atoms with Gasteiger partial charge in [-0.3, -0.25) is 14.1 Å². The van der Waals surface area contributed by atoms with Crippen LogP contribution in [-0.4, -0.2) is 51.4 Å². The highest BCUT2D eigenvalue weighted by molar-refractivity contribution is 7.92. The molecule has 148 valence electrons. The average molecular weight is 401 g/mol. The van der Waals surface area contributed by atoms with Crippen LogP contribution >= 0.6 is 0 Å². The Morgan fingerprint density at radius 1 is 1.29 bits per heavy atom. The number of nitrogens with one attached hydrogen (secondary N) is 1. The number of para-hydroxylation sites is 1. The molecule has 1 saturated heterocycles. The Morgan fingerprint density at radius 3 is 2.82 bits per heavy atom. The van der Waals surface area contributed by atoms with Crippen molar-refractivity contribution in [2.24, 2.45) is 0 Å².